The Labute approximate surface area is 118 Å². The fraction of sp³-hybridized carbons (Fsp3) is 0.769. The quantitative estimate of drug-likeness (QED) is 0.798. The standard InChI is InChI=1S/C13H22N2O5/c1-8(2)10(14-13(19)20-3)11(16)15-7-5-4-6-9(15)12(17)18/h8-10H,4-7H2,1-3H3,(H,14,19)(H,17,18)/t9-,10-/m0/s1. The number of carboxylic acids is 1. The van der Waals surface area contributed by atoms with E-state index in [1.807, 2.05) is 0 Å². The maximum absolute atomic E-state index is 12.5. The molecule has 0 bridgehead atoms. The van der Waals surface area contributed by atoms with Gasteiger partial charge in [0.05, 0.1) is 7.11 Å². The maximum atomic E-state index is 12.5. The van der Waals surface area contributed by atoms with Crippen molar-refractivity contribution in [2.45, 2.75) is 45.2 Å². The molecule has 20 heavy (non-hydrogen) atoms. The van der Waals surface area contributed by atoms with Gasteiger partial charge in [0, 0.05) is 6.54 Å². The molecule has 0 aromatic heterocycles. The molecule has 7 nitrogen and oxygen atoms in total. The van der Waals surface area contributed by atoms with Crippen LogP contribution in [0.1, 0.15) is 33.1 Å². The monoisotopic (exact) mass is 286 g/mol. The van der Waals surface area contributed by atoms with Gasteiger partial charge in [-0.25, -0.2) is 9.59 Å². The largest absolute Gasteiger partial charge is 0.480 e. The minimum Gasteiger partial charge on any atom is -0.480 e. The molecule has 1 fully saturated rings. The van der Waals surface area contributed by atoms with Gasteiger partial charge in [0.15, 0.2) is 0 Å². The highest BCUT2D eigenvalue weighted by Crippen LogP contribution is 2.20. The Morgan fingerprint density at radius 3 is 2.45 bits per heavy atom. The van der Waals surface area contributed by atoms with Crippen molar-refractivity contribution in [1.82, 2.24) is 10.2 Å². The smallest absolute Gasteiger partial charge is 0.407 e. The van der Waals surface area contributed by atoms with E-state index in [0.717, 1.165) is 12.8 Å². The lowest BCUT2D eigenvalue weighted by Crippen LogP contribution is -2.57. The zero-order valence-electron chi connectivity index (χ0n) is 12.1. The van der Waals surface area contributed by atoms with Crippen LogP contribution in [0.2, 0.25) is 0 Å². The van der Waals surface area contributed by atoms with E-state index in [0.29, 0.717) is 13.0 Å². The molecule has 0 spiro atoms. The average Bonchev–Trinajstić information content (AvgIpc) is 2.43. The van der Waals surface area contributed by atoms with Crippen LogP contribution >= 0.6 is 0 Å². The normalized spacial score (nSPS) is 20.4. The summed E-state index contributed by atoms with van der Waals surface area (Å²) in [6, 6.07) is -1.58. The van der Waals surface area contributed by atoms with Gasteiger partial charge in [-0.1, -0.05) is 13.8 Å². The zero-order valence-corrected chi connectivity index (χ0v) is 12.1. The molecule has 1 heterocycles. The van der Waals surface area contributed by atoms with Crippen molar-refractivity contribution in [2.24, 2.45) is 5.92 Å². The van der Waals surface area contributed by atoms with E-state index >= 15 is 0 Å². The second-order valence-electron chi connectivity index (χ2n) is 5.24. The van der Waals surface area contributed by atoms with Crippen molar-refractivity contribution >= 4 is 18.0 Å². The van der Waals surface area contributed by atoms with Crippen LogP contribution < -0.4 is 5.32 Å². The average molecular weight is 286 g/mol. The first kappa shape index (κ1) is 16.3. The third kappa shape index (κ3) is 3.85. The second kappa shape index (κ2) is 7.12. The molecule has 2 amide bonds. The zero-order chi connectivity index (χ0) is 15.3. The number of hydrogen-bond donors (Lipinski definition) is 2. The number of methoxy groups -OCH3 is 1. The SMILES string of the molecule is COC(=O)N[C@H](C(=O)N1CCCC[C@H]1C(=O)O)C(C)C. The first-order valence-corrected chi connectivity index (χ1v) is 6.76. The minimum absolute atomic E-state index is 0.155. The number of hydrogen-bond acceptors (Lipinski definition) is 4. The molecular weight excluding hydrogens is 264 g/mol. The van der Waals surface area contributed by atoms with Crippen molar-refractivity contribution in [3.8, 4) is 0 Å². The number of ether oxygens (including phenoxy) is 1. The van der Waals surface area contributed by atoms with Gasteiger partial charge in [-0.3, -0.25) is 4.79 Å². The molecule has 7 heteroatoms. The number of carbonyl (C=O) groups is 3. The molecular formula is C13H22N2O5. The lowest BCUT2D eigenvalue weighted by molar-refractivity contribution is -0.153. The summed E-state index contributed by atoms with van der Waals surface area (Å²) in [4.78, 5) is 36.4. The van der Waals surface area contributed by atoms with Gasteiger partial charge < -0.3 is 20.1 Å². The summed E-state index contributed by atoms with van der Waals surface area (Å²) in [5, 5.41) is 11.7. The predicted octanol–water partition coefficient (Wildman–Crippen LogP) is 0.833. The summed E-state index contributed by atoms with van der Waals surface area (Å²) in [5.74, 6) is -1.52. The van der Waals surface area contributed by atoms with Crippen molar-refractivity contribution in [3.05, 3.63) is 0 Å². The highest BCUT2D eigenvalue weighted by molar-refractivity contribution is 5.89. The molecule has 1 saturated heterocycles. The molecule has 0 aromatic rings. The molecule has 1 aliphatic heterocycles. The van der Waals surface area contributed by atoms with Gasteiger partial charge in [0.1, 0.15) is 12.1 Å². The number of carbonyl (C=O) groups excluding carboxylic acids is 2. The molecule has 1 aliphatic rings. The Morgan fingerprint density at radius 2 is 1.95 bits per heavy atom. The van der Waals surface area contributed by atoms with Crippen molar-refractivity contribution in [1.29, 1.82) is 0 Å². The first-order valence-electron chi connectivity index (χ1n) is 6.76. The van der Waals surface area contributed by atoms with E-state index in [-0.39, 0.29) is 11.8 Å². The van der Waals surface area contributed by atoms with E-state index in [2.05, 4.69) is 10.1 Å². The molecule has 0 radical (unpaired) electrons. The van der Waals surface area contributed by atoms with Crippen molar-refractivity contribution in [3.63, 3.8) is 0 Å². The van der Waals surface area contributed by atoms with Gasteiger partial charge in [-0.2, -0.15) is 0 Å². The van der Waals surface area contributed by atoms with Crippen LogP contribution in [0.4, 0.5) is 4.79 Å². The highest BCUT2D eigenvalue weighted by Gasteiger charge is 2.37. The summed E-state index contributed by atoms with van der Waals surface area (Å²) in [7, 11) is 1.22. The van der Waals surface area contributed by atoms with Crippen LogP contribution in [0, 0.1) is 5.92 Å². The van der Waals surface area contributed by atoms with Crippen LogP contribution in [0.5, 0.6) is 0 Å². The summed E-state index contributed by atoms with van der Waals surface area (Å²) < 4.78 is 4.51. The molecule has 1 rings (SSSR count). The Morgan fingerprint density at radius 1 is 1.30 bits per heavy atom. The fourth-order valence-electron chi connectivity index (χ4n) is 2.33. The van der Waals surface area contributed by atoms with Gasteiger partial charge >= 0.3 is 12.1 Å². The Hall–Kier alpha value is -1.79. The van der Waals surface area contributed by atoms with E-state index in [1.54, 1.807) is 13.8 Å². The van der Waals surface area contributed by atoms with Gasteiger partial charge in [-0.15, -0.1) is 0 Å². The summed E-state index contributed by atoms with van der Waals surface area (Å²) >= 11 is 0. The number of nitrogens with one attached hydrogen (secondary N) is 1. The number of carboxylic acid groups (broad SMARTS) is 1. The van der Waals surface area contributed by atoms with Crippen LogP contribution in [0.3, 0.4) is 0 Å². The molecule has 2 atom stereocenters. The van der Waals surface area contributed by atoms with Gasteiger partial charge in [-0.05, 0) is 25.2 Å². The molecule has 0 aliphatic carbocycles. The number of alkyl carbamates (subject to hydrolysis) is 1. The van der Waals surface area contributed by atoms with E-state index in [9.17, 15) is 19.5 Å². The van der Waals surface area contributed by atoms with E-state index in [1.165, 1.54) is 12.0 Å². The summed E-state index contributed by atoms with van der Waals surface area (Å²) in [6.45, 7) is 3.98. The number of aliphatic carboxylic acids is 1. The number of amides is 2. The Kier molecular flexibility index (Phi) is 5.79. The second-order valence-corrected chi connectivity index (χ2v) is 5.24. The fourth-order valence-corrected chi connectivity index (χ4v) is 2.33. The van der Waals surface area contributed by atoms with Crippen LogP contribution in [0.25, 0.3) is 0 Å². The van der Waals surface area contributed by atoms with Crippen LogP contribution in [-0.4, -0.2) is 53.7 Å². The first-order chi connectivity index (χ1) is 9.38. The summed E-state index contributed by atoms with van der Waals surface area (Å²) in [5.41, 5.74) is 0. The Balaban J connectivity index is 2.86. The molecule has 2 N–H and O–H groups in total. The molecule has 114 valence electrons. The predicted molar refractivity (Wildman–Crippen MR) is 71.2 cm³/mol. The van der Waals surface area contributed by atoms with E-state index < -0.39 is 24.1 Å². The third-order valence-electron chi connectivity index (χ3n) is 3.46. The minimum atomic E-state index is -1.00. The lowest BCUT2D eigenvalue weighted by atomic mass is 9.97. The number of nitrogens with zero attached hydrogens (tertiary/aromatic N) is 1. The maximum Gasteiger partial charge on any atom is 0.407 e. The van der Waals surface area contributed by atoms with Crippen molar-refractivity contribution < 1.29 is 24.2 Å². The number of rotatable bonds is 4. The molecule has 0 aromatic carbocycles. The molecule has 0 saturated carbocycles. The number of piperidine rings is 1. The van der Waals surface area contributed by atoms with Gasteiger partial charge in [0.25, 0.3) is 0 Å². The lowest BCUT2D eigenvalue weighted by Gasteiger charge is -2.36. The van der Waals surface area contributed by atoms with E-state index in [4.69, 9.17) is 0 Å². The van der Waals surface area contributed by atoms with Crippen LogP contribution in [0.15, 0.2) is 0 Å². The summed E-state index contributed by atoms with van der Waals surface area (Å²) in [6.07, 6.45) is 1.32. The van der Waals surface area contributed by atoms with Crippen LogP contribution in [-0.2, 0) is 14.3 Å². The highest BCUT2D eigenvalue weighted by atomic mass is 16.5. The van der Waals surface area contributed by atoms with Crippen molar-refractivity contribution in [2.75, 3.05) is 13.7 Å². The molecule has 0 unspecified atom stereocenters. The number of likely N-dealkylation sites (tertiary alicyclic amines) is 1. The third-order valence-corrected chi connectivity index (χ3v) is 3.46. The Bertz CT molecular complexity index is 383. The van der Waals surface area contributed by atoms with Gasteiger partial charge in [0.2, 0.25) is 5.91 Å². The topological polar surface area (TPSA) is 95.9 Å².